The molecule has 0 atom stereocenters. The first-order valence-electron chi connectivity index (χ1n) is 6.40. The van der Waals surface area contributed by atoms with Crippen LogP contribution in [0.3, 0.4) is 0 Å². The molecule has 1 aliphatic carbocycles. The van der Waals surface area contributed by atoms with Crippen molar-refractivity contribution in [1.29, 1.82) is 0 Å². The first-order chi connectivity index (χ1) is 9.08. The van der Waals surface area contributed by atoms with Gasteiger partial charge in [0.15, 0.2) is 0 Å². The van der Waals surface area contributed by atoms with Crippen LogP contribution in [0.5, 0.6) is 0 Å². The number of aliphatic hydroxyl groups excluding tert-OH is 1. The van der Waals surface area contributed by atoms with Gasteiger partial charge in [0.05, 0.1) is 17.1 Å². The van der Waals surface area contributed by atoms with E-state index < -0.39 is 10.5 Å². The molecule has 0 aliphatic heterocycles. The smallest absolute Gasteiger partial charge is 0.310 e. The molecule has 0 spiro atoms. The minimum atomic E-state index is -0.488. The first-order valence-corrected chi connectivity index (χ1v) is 6.78. The number of anilines is 1. The topological polar surface area (TPSA) is 75.4 Å². The van der Waals surface area contributed by atoms with E-state index in [4.69, 9.17) is 11.6 Å². The molecule has 1 fully saturated rings. The second kappa shape index (κ2) is 5.75. The van der Waals surface area contributed by atoms with Gasteiger partial charge in [-0.3, -0.25) is 10.1 Å². The van der Waals surface area contributed by atoms with Crippen LogP contribution in [0.4, 0.5) is 11.4 Å². The Balaban J connectivity index is 2.31. The molecule has 2 rings (SSSR count). The van der Waals surface area contributed by atoms with Crippen molar-refractivity contribution in [2.45, 2.75) is 37.6 Å². The summed E-state index contributed by atoms with van der Waals surface area (Å²) in [5.41, 5.74) is -0.204. The molecule has 0 radical (unpaired) electrons. The van der Waals surface area contributed by atoms with E-state index in [2.05, 4.69) is 5.32 Å². The van der Waals surface area contributed by atoms with Gasteiger partial charge in [0.1, 0.15) is 10.7 Å². The Hall–Kier alpha value is -1.33. The van der Waals surface area contributed by atoms with Crippen LogP contribution < -0.4 is 5.32 Å². The lowest BCUT2D eigenvalue weighted by Gasteiger charge is -2.37. The number of hydrogen-bond acceptors (Lipinski definition) is 4. The average molecular weight is 285 g/mol. The van der Waals surface area contributed by atoms with Crippen LogP contribution in [0.1, 0.15) is 32.1 Å². The Morgan fingerprint density at radius 2 is 2.05 bits per heavy atom. The fourth-order valence-electron chi connectivity index (χ4n) is 2.64. The molecule has 6 heteroatoms. The second-order valence-corrected chi connectivity index (χ2v) is 5.42. The number of benzene rings is 1. The lowest BCUT2D eigenvalue weighted by molar-refractivity contribution is -0.383. The first kappa shape index (κ1) is 14.1. The van der Waals surface area contributed by atoms with E-state index in [0.29, 0.717) is 5.69 Å². The number of aliphatic hydroxyl groups is 1. The van der Waals surface area contributed by atoms with Crippen molar-refractivity contribution >= 4 is 23.0 Å². The molecular weight excluding hydrogens is 268 g/mol. The largest absolute Gasteiger partial charge is 0.394 e. The summed E-state index contributed by atoms with van der Waals surface area (Å²) in [6, 6.07) is 4.80. The summed E-state index contributed by atoms with van der Waals surface area (Å²) in [7, 11) is 0. The highest BCUT2D eigenvalue weighted by atomic mass is 35.5. The molecule has 1 aliphatic rings. The quantitative estimate of drug-likeness (QED) is 0.657. The van der Waals surface area contributed by atoms with Crippen LogP contribution in [-0.2, 0) is 0 Å². The fourth-order valence-corrected chi connectivity index (χ4v) is 2.88. The number of hydrogen-bond donors (Lipinski definition) is 2. The maximum atomic E-state index is 11.1. The van der Waals surface area contributed by atoms with Gasteiger partial charge >= 0.3 is 5.69 Å². The van der Waals surface area contributed by atoms with E-state index in [0.717, 1.165) is 32.1 Å². The molecule has 0 saturated heterocycles. The van der Waals surface area contributed by atoms with Crippen molar-refractivity contribution in [3.05, 3.63) is 33.3 Å². The number of nitrogens with one attached hydrogen (secondary N) is 1. The third-order valence-electron chi connectivity index (χ3n) is 3.68. The Bertz CT molecular complexity index is 473. The minimum Gasteiger partial charge on any atom is -0.394 e. The summed E-state index contributed by atoms with van der Waals surface area (Å²) in [6.07, 6.45) is 4.80. The summed E-state index contributed by atoms with van der Waals surface area (Å²) in [6.45, 7) is -0.0311. The SMILES string of the molecule is O=[N+]([O-])c1c(Cl)cccc1NC1(CO)CCCCC1. The van der Waals surface area contributed by atoms with Crippen molar-refractivity contribution in [1.82, 2.24) is 0 Å². The van der Waals surface area contributed by atoms with Crippen molar-refractivity contribution in [2.24, 2.45) is 0 Å². The standard InChI is InChI=1S/C13H17ClN2O3/c14-10-5-4-6-11(12(10)16(18)19)15-13(9-17)7-2-1-3-8-13/h4-6,15,17H,1-3,7-9H2. The van der Waals surface area contributed by atoms with Gasteiger partial charge in [0, 0.05) is 0 Å². The molecule has 0 amide bonds. The predicted molar refractivity (Wildman–Crippen MR) is 74.6 cm³/mol. The number of nitro benzene ring substituents is 1. The maximum absolute atomic E-state index is 11.1. The third-order valence-corrected chi connectivity index (χ3v) is 3.99. The third kappa shape index (κ3) is 2.98. The molecule has 0 unspecified atom stereocenters. The molecule has 5 nitrogen and oxygen atoms in total. The molecule has 0 bridgehead atoms. The fraction of sp³-hybridized carbons (Fsp3) is 0.538. The Labute approximate surface area is 116 Å². The van der Waals surface area contributed by atoms with Gasteiger partial charge in [-0.05, 0) is 25.0 Å². The van der Waals surface area contributed by atoms with Crippen LogP contribution in [0.2, 0.25) is 5.02 Å². The van der Waals surface area contributed by atoms with Crippen molar-refractivity contribution in [3.8, 4) is 0 Å². The Morgan fingerprint density at radius 3 is 2.63 bits per heavy atom. The van der Waals surface area contributed by atoms with Crippen LogP contribution in [0.25, 0.3) is 0 Å². The molecule has 104 valence electrons. The highest BCUT2D eigenvalue weighted by molar-refractivity contribution is 6.33. The van der Waals surface area contributed by atoms with Crippen molar-refractivity contribution in [3.63, 3.8) is 0 Å². The van der Waals surface area contributed by atoms with Gasteiger partial charge in [-0.15, -0.1) is 0 Å². The van der Waals surface area contributed by atoms with Gasteiger partial charge in [0.25, 0.3) is 0 Å². The highest BCUT2D eigenvalue weighted by Gasteiger charge is 2.33. The van der Waals surface area contributed by atoms with E-state index in [9.17, 15) is 15.2 Å². The summed E-state index contributed by atoms with van der Waals surface area (Å²) >= 11 is 5.89. The molecular formula is C13H17ClN2O3. The zero-order valence-electron chi connectivity index (χ0n) is 10.6. The summed E-state index contributed by atoms with van der Waals surface area (Å²) in [5.74, 6) is 0. The number of rotatable bonds is 4. The Kier molecular flexibility index (Phi) is 4.27. The van der Waals surface area contributed by atoms with E-state index in [1.807, 2.05) is 0 Å². The number of nitro groups is 1. The van der Waals surface area contributed by atoms with E-state index >= 15 is 0 Å². The van der Waals surface area contributed by atoms with Crippen LogP contribution in [0, 0.1) is 10.1 Å². The maximum Gasteiger partial charge on any atom is 0.310 e. The zero-order valence-corrected chi connectivity index (χ0v) is 11.3. The number of para-hydroxylation sites is 1. The zero-order chi connectivity index (χ0) is 13.9. The minimum absolute atomic E-state index is 0.0311. The van der Waals surface area contributed by atoms with Crippen molar-refractivity contribution in [2.75, 3.05) is 11.9 Å². The van der Waals surface area contributed by atoms with Crippen LogP contribution in [0.15, 0.2) is 18.2 Å². The van der Waals surface area contributed by atoms with Crippen molar-refractivity contribution < 1.29 is 10.0 Å². The van der Waals surface area contributed by atoms with Gasteiger partial charge in [-0.2, -0.15) is 0 Å². The van der Waals surface area contributed by atoms with Gasteiger partial charge in [-0.25, -0.2) is 0 Å². The number of nitrogens with zero attached hydrogens (tertiary/aromatic N) is 1. The van der Waals surface area contributed by atoms with E-state index in [1.165, 1.54) is 6.07 Å². The lowest BCUT2D eigenvalue weighted by atomic mass is 9.82. The summed E-state index contributed by atoms with van der Waals surface area (Å²) < 4.78 is 0. The highest BCUT2D eigenvalue weighted by Crippen LogP contribution is 2.37. The Morgan fingerprint density at radius 1 is 1.37 bits per heavy atom. The number of halogens is 1. The molecule has 0 heterocycles. The van der Waals surface area contributed by atoms with Crippen LogP contribution in [-0.4, -0.2) is 22.2 Å². The molecule has 2 N–H and O–H groups in total. The van der Waals surface area contributed by atoms with Gasteiger partial charge < -0.3 is 10.4 Å². The summed E-state index contributed by atoms with van der Waals surface area (Å²) in [5, 5.41) is 24.0. The van der Waals surface area contributed by atoms with Gasteiger partial charge in [0.2, 0.25) is 0 Å². The second-order valence-electron chi connectivity index (χ2n) is 5.02. The van der Waals surface area contributed by atoms with E-state index in [1.54, 1.807) is 12.1 Å². The van der Waals surface area contributed by atoms with Crippen LogP contribution >= 0.6 is 11.6 Å². The monoisotopic (exact) mass is 284 g/mol. The molecule has 19 heavy (non-hydrogen) atoms. The average Bonchev–Trinajstić information content (AvgIpc) is 2.39. The summed E-state index contributed by atoms with van der Waals surface area (Å²) in [4.78, 5) is 10.6. The normalized spacial score (nSPS) is 18.0. The van der Waals surface area contributed by atoms with E-state index in [-0.39, 0.29) is 17.3 Å². The lowest BCUT2D eigenvalue weighted by Crippen LogP contribution is -2.44. The molecule has 1 aromatic carbocycles. The van der Waals surface area contributed by atoms with Gasteiger partial charge in [-0.1, -0.05) is 36.9 Å². The molecule has 1 aromatic rings. The molecule has 0 aromatic heterocycles. The predicted octanol–water partition coefficient (Wildman–Crippen LogP) is 3.36. The molecule has 1 saturated carbocycles.